The minimum absolute atomic E-state index is 0.0306. The second-order valence-electron chi connectivity index (χ2n) is 5.01. The lowest BCUT2D eigenvalue weighted by Gasteiger charge is -2.12. The van der Waals surface area contributed by atoms with Gasteiger partial charge in [0.25, 0.3) is 0 Å². The molecule has 2 rings (SSSR count). The van der Waals surface area contributed by atoms with Gasteiger partial charge in [-0.1, -0.05) is 11.8 Å². The van der Waals surface area contributed by atoms with Gasteiger partial charge in [-0.15, -0.1) is 0 Å². The third-order valence-electron chi connectivity index (χ3n) is 3.13. The second-order valence-corrected chi connectivity index (χ2v) is 6.95. The lowest BCUT2D eigenvalue weighted by molar-refractivity contribution is -1.00. The smallest absolute Gasteiger partial charge is 0.186 e. The van der Waals surface area contributed by atoms with Gasteiger partial charge in [-0.2, -0.15) is 5.23 Å². The maximum atomic E-state index is 13.3. The van der Waals surface area contributed by atoms with Gasteiger partial charge in [-0.05, 0) is 44.4 Å². The van der Waals surface area contributed by atoms with E-state index in [-0.39, 0.29) is 16.0 Å². The molecule has 11 nitrogen and oxygen atoms in total. The van der Waals surface area contributed by atoms with Crippen LogP contribution in [-0.2, 0) is 0 Å². The van der Waals surface area contributed by atoms with Gasteiger partial charge in [0.05, 0.1) is 10.2 Å². The van der Waals surface area contributed by atoms with Crippen molar-refractivity contribution in [1.82, 2.24) is 26.4 Å². The van der Waals surface area contributed by atoms with E-state index in [4.69, 9.17) is 9.84 Å². The van der Waals surface area contributed by atoms with E-state index < -0.39 is 11.0 Å². The van der Waals surface area contributed by atoms with Crippen LogP contribution in [0.5, 0.6) is 0 Å². The van der Waals surface area contributed by atoms with Crippen LogP contribution in [0.3, 0.4) is 0 Å². The number of hydroxylamine groups is 3. The highest BCUT2D eigenvalue weighted by Crippen LogP contribution is 2.24. The van der Waals surface area contributed by atoms with Crippen LogP contribution in [0.4, 0.5) is 10.1 Å². The van der Waals surface area contributed by atoms with Crippen molar-refractivity contribution in [2.75, 3.05) is 19.3 Å². The second kappa shape index (κ2) is 10.9. The average molecular weight is 478 g/mol. The molecule has 1 unspecified atom stereocenters. The number of hydrogen-bond acceptors (Lipinski definition) is 10. The maximum absolute atomic E-state index is 13.3. The Labute approximate surface area is 171 Å². The quantitative estimate of drug-likeness (QED) is 0.0987. The molecule has 1 atom stereocenters. The molecule has 152 valence electrons. The van der Waals surface area contributed by atoms with Crippen LogP contribution in [-0.4, -0.2) is 45.9 Å². The van der Waals surface area contributed by atoms with Crippen molar-refractivity contribution in [2.24, 2.45) is 4.99 Å². The van der Waals surface area contributed by atoms with Crippen LogP contribution >= 0.6 is 27.7 Å². The number of benzene rings is 1. The summed E-state index contributed by atoms with van der Waals surface area (Å²) < 4.78 is 18.3. The Morgan fingerprint density at radius 3 is 2.93 bits per heavy atom. The molecule has 28 heavy (non-hydrogen) atoms. The summed E-state index contributed by atoms with van der Waals surface area (Å²) in [5.41, 5.74) is 2.47. The first-order valence-electron chi connectivity index (χ1n) is 7.70. The summed E-state index contributed by atoms with van der Waals surface area (Å²) >= 11 is 4.32. The number of thioether (sulfide) groups is 1. The topological polar surface area (TPSA) is 155 Å². The molecule has 14 heteroatoms. The SMILES string of the molecule is CN/C(=C\[NH+]([O-])O)NCCSc1nonc1C(=Nc1ccc(F)c(Br)c1)NO. The summed E-state index contributed by atoms with van der Waals surface area (Å²) in [5, 5.41) is 41.2. The number of aromatic nitrogens is 2. The van der Waals surface area contributed by atoms with E-state index in [0.29, 0.717) is 28.8 Å². The van der Waals surface area contributed by atoms with Crippen molar-refractivity contribution in [3.05, 3.63) is 51.4 Å². The summed E-state index contributed by atoms with van der Waals surface area (Å²) in [5.74, 6) is 0.368. The number of nitrogens with one attached hydrogen (secondary N) is 4. The molecule has 1 heterocycles. The Bertz CT molecular complexity index is 849. The number of quaternary nitrogens is 1. The molecule has 1 aromatic carbocycles. The molecule has 0 aliphatic carbocycles. The Morgan fingerprint density at radius 2 is 2.29 bits per heavy atom. The lowest BCUT2D eigenvalue weighted by atomic mass is 10.3. The van der Waals surface area contributed by atoms with Gasteiger partial charge < -0.3 is 15.8 Å². The van der Waals surface area contributed by atoms with Gasteiger partial charge in [-0.3, -0.25) is 10.7 Å². The number of hydrogen-bond donors (Lipinski definition) is 6. The molecule has 0 saturated heterocycles. The molecule has 0 saturated carbocycles. The summed E-state index contributed by atoms with van der Waals surface area (Å²) in [7, 11) is 1.60. The van der Waals surface area contributed by atoms with Crippen LogP contribution in [0.25, 0.3) is 0 Å². The van der Waals surface area contributed by atoms with Crippen molar-refractivity contribution in [3.63, 3.8) is 0 Å². The number of nitrogens with zero attached hydrogens (tertiary/aromatic N) is 3. The van der Waals surface area contributed by atoms with Crippen LogP contribution in [0, 0.1) is 11.0 Å². The Hall–Kier alpha value is -2.23. The van der Waals surface area contributed by atoms with Crippen LogP contribution in [0.1, 0.15) is 5.69 Å². The fourth-order valence-electron chi connectivity index (χ4n) is 1.90. The van der Waals surface area contributed by atoms with Gasteiger partial charge in [0.15, 0.2) is 28.6 Å². The summed E-state index contributed by atoms with van der Waals surface area (Å²) in [6, 6.07) is 4.09. The van der Waals surface area contributed by atoms with Gasteiger partial charge in [0, 0.05) is 19.3 Å². The highest BCUT2D eigenvalue weighted by molar-refractivity contribution is 9.10. The molecule has 1 aromatic heterocycles. The molecule has 6 N–H and O–H groups in total. The normalized spacial score (nSPS) is 13.4. The maximum Gasteiger partial charge on any atom is 0.186 e. The van der Waals surface area contributed by atoms with Gasteiger partial charge in [0.1, 0.15) is 5.82 Å². The van der Waals surface area contributed by atoms with Crippen molar-refractivity contribution >= 4 is 39.2 Å². The predicted molar refractivity (Wildman–Crippen MR) is 102 cm³/mol. The molecule has 0 radical (unpaired) electrons. The van der Waals surface area contributed by atoms with E-state index >= 15 is 0 Å². The van der Waals surface area contributed by atoms with Crippen LogP contribution in [0.2, 0.25) is 0 Å². The molecule has 0 aliphatic heterocycles. The van der Waals surface area contributed by atoms with Gasteiger partial charge in [0.2, 0.25) is 0 Å². The average Bonchev–Trinajstić information content (AvgIpc) is 3.13. The first-order chi connectivity index (χ1) is 13.4. The first kappa shape index (κ1) is 22.1. The monoisotopic (exact) mass is 477 g/mol. The zero-order valence-corrected chi connectivity index (χ0v) is 16.8. The molecule has 0 bridgehead atoms. The van der Waals surface area contributed by atoms with E-state index in [0.717, 1.165) is 6.20 Å². The molecule has 0 amide bonds. The van der Waals surface area contributed by atoms with Crippen molar-refractivity contribution in [2.45, 2.75) is 5.03 Å². The zero-order valence-electron chi connectivity index (χ0n) is 14.4. The standard InChI is InChI=1S/C14H17BrFN7O4S/c1-17-11(7-23(25)26)18-4-5-28-14-12(21-27-22-14)13(20-24)19-8-2-3-10(16)9(15)6-8/h2-3,6-7,17-18,23-25H,4-5H2,1H3,(H,19,20)/b11-7+. The third-order valence-corrected chi connectivity index (χ3v) is 4.68. The van der Waals surface area contributed by atoms with Crippen molar-refractivity contribution in [3.8, 4) is 0 Å². The molecule has 0 spiro atoms. The summed E-state index contributed by atoms with van der Waals surface area (Å²) in [4.78, 5) is 4.17. The van der Waals surface area contributed by atoms with Crippen molar-refractivity contribution in [1.29, 1.82) is 0 Å². The third kappa shape index (κ3) is 6.43. The Balaban J connectivity index is 2.04. The van der Waals surface area contributed by atoms with E-state index in [1.165, 1.54) is 30.0 Å². The Morgan fingerprint density at radius 1 is 1.50 bits per heavy atom. The number of aliphatic imine (C=N–C) groups is 1. The van der Waals surface area contributed by atoms with Crippen LogP contribution in [0.15, 0.2) is 49.3 Å². The number of halogens is 2. The largest absolute Gasteiger partial charge is 0.595 e. The molecular formula is C14H17BrFN7O4S. The number of amidine groups is 1. The van der Waals surface area contributed by atoms with Crippen molar-refractivity contribution < 1.29 is 24.7 Å². The summed E-state index contributed by atoms with van der Waals surface area (Å²) in [6.45, 7) is 0.418. The van der Waals surface area contributed by atoms with Gasteiger partial charge >= 0.3 is 0 Å². The van der Waals surface area contributed by atoms with Crippen LogP contribution < -0.4 is 21.3 Å². The Kier molecular flexibility index (Phi) is 8.62. The first-order valence-corrected chi connectivity index (χ1v) is 9.48. The molecule has 0 aliphatic rings. The molecule has 2 aromatic rings. The van der Waals surface area contributed by atoms with E-state index in [9.17, 15) is 14.8 Å². The lowest BCUT2D eigenvalue weighted by Crippen LogP contribution is -2.99. The van der Waals surface area contributed by atoms with E-state index in [2.05, 4.69) is 41.9 Å². The molecule has 0 fully saturated rings. The zero-order chi connectivity index (χ0) is 20.5. The van der Waals surface area contributed by atoms with Gasteiger partial charge in [-0.25, -0.2) is 19.2 Å². The number of rotatable bonds is 9. The minimum atomic E-state index is -1.07. The van der Waals surface area contributed by atoms with E-state index in [1.807, 2.05) is 5.48 Å². The molecular weight excluding hydrogens is 461 g/mol. The minimum Gasteiger partial charge on any atom is -0.595 e. The van der Waals surface area contributed by atoms with E-state index in [1.54, 1.807) is 7.05 Å². The fraction of sp³-hybridized carbons (Fsp3) is 0.214. The predicted octanol–water partition coefficient (Wildman–Crippen LogP) is 0.500. The highest BCUT2D eigenvalue weighted by Gasteiger charge is 2.17. The fourth-order valence-corrected chi connectivity index (χ4v) is 3.02. The highest BCUT2D eigenvalue weighted by atomic mass is 79.9. The summed E-state index contributed by atoms with van der Waals surface area (Å²) in [6.07, 6.45) is 1.01.